The molecule has 3 aromatic rings. The molecule has 0 bridgehead atoms. The first kappa shape index (κ1) is 21.7. The summed E-state index contributed by atoms with van der Waals surface area (Å²) in [7, 11) is 0. The van der Waals surface area contributed by atoms with Gasteiger partial charge in [-0.15, -0.1) is 22.7 Å². The Labute approximate surface area is 182 Å². The van der Waals surface area contributed by atoms with Gasteiger partial charge >= 0.3 is 5.97 Å². The molecule has 2 amide bonds. The van der Waals surface area contributed by atoms with Crippen LogP contribution in [0.1, 0.15) is 29.1 Å². The summed E-state index contributed by atoms with van der Waals surface area (Å²) >= 11 is 2.56. The molecule has 30 heavy (non-hydrogen) atoms. The highest BCUT2D eigenvalue weighted by Gasteiger charge is 2.20. The SMILES string of the molecule is CCc1ccc(-c2csc(NC(=O)C(C)OC(=O)CNC(=O)c3cccs3)n2)cc1. The lowest BCUT2D eigenvalue weighted by Gasteiger charge is -2.12. The molecule has 0 saturated heterocycles. The summed E-state index contributed by atoms with van der Waals surface area (Å²) in [6, 6.07) is 11.5. The van der Waals surface area contributed by atoms with Crippen molar-refractivity contribution in [2.75, 3.05) is 11.9 Å². The molecule has 0 spiro atoms. The Morgan fingerprint density at radius 3 is 2.57 bits per heavy atom. The third-order valence-corrected chi connectivity index (χ3v) is 5.83. The van der Waals surface area contributed by atoms with E-state index in [1.165, 1.54) is 35.2 Å². The molecule has 0 aliphatic rings. The van der Waals surface area contributed by atoms with Crippen LogP contribution in [0.15, 0.2) is 47.2 Å². The van der Waals surface area contributed by atoms with Crippen molar-refractivity contribution >= 4 is 45.6 Å². The molecular weight excluding hydrogens is 422 g/mol. The number of aryl methyl sites for hydroxylation is 1. The topological polar surface area (TPSA) is 97.4 Å². The van der Waals surface area contributed by atoms with Gasteiger partial charge in [0.1, 0.15) is 6.54 Å². The van der Waals surface area contributed by atoms with E-state index in [1.54, 1.807) is 17.5 Å². The Kier molecular flexibility index (Phi) is 7.31. The Morgan fingerprint density at radius 2 is 1.90 bits per heavy atom. The number of nitrogens with one attached hydrogen (secondary N) is 2. The first-order chi connectivity index (χ1) is 14.5. The maximum absolute atomic E-state index is 12.3. The maximum Gasteiger partial charge on any atom is 0.326 e. The summed E-state index contributed by atoms with van der Waals surface area (Å²) in [5.74, 6) is -1.55. The zero-order valence-electron chi connectivity index (χ0n) is 16.5. The number of aromatic nitrogens is 1. The monoisotopic (exact) mass is 443 g/mol. The highest BCUT2D eigenvalue weighted by molar-refractivity contribution is 7.14. The number of benzene rings is 1. The van der Waals surface area contributed by atoms with Crippen LogP contribution in [-0.2, 0) is 20.7 Å². The average Bonchev–Trinajstić information content (AvgIpc) is 3.44. The first-order valence-corrected chi connectivity index (χ1v) is 11.1. The Balaban J connectivity index is 1.48. The number of ether oxygens (including phenoxy) is 1. The van der Waals surface area contributed by atoms with Gasteiger partial charge in [0.05, 0.1) is 10.6 Å². The van der Waals surface area contributed by atoms with Gasteiger partial charge < -0.3 is 10.1 Å². The minimum absolute atomic E-state index is 0.316. The molecule has 1 atom stereocenters. The third-order valence-electron chi connectivity index (χ3n) is 4.21. The van der Waals surface area contributed by atoms with Crippen LogP contribution in [0.4, 0.5) is 5.13 Å². The predicted octanol–water partition coefficient (Wildman–Crippen LogP) is 3.73. The van der Waals surface area contributed by atoms with E-state index >= 15 is 0 Å². The number of rotatable bonds is 8. The van der Waals surface area contributed by atoms with E-state index in [0.29, 0.717) is 10.0 Å². The molecule has 0 aliphatic carbocycles. The molecule has 1 unspecified atom stereocenters. The summed E-state index contributed by atoms with van der Waals surface area (Å²) in [5, 5.41) is 9.16. The second kappa shape index (κ2) is 10.1. The van der Waals surface area contributed by atoms with Gasteiger partial charge in [-0.05, 0) is 30.4 Å². The normalized spacial score (nSPS) is 11.5. The molecule has 0 fully saturated rings. The van der Waals surface area contributed by atoms with Crippen LogP contribution in [0.5, 0.6) is 0 Å². The molecule has 2 aromatic heterocycles. The lowest BCUT2D eigenvalue weighted by molar-refractivity contribution is -0.152. The molecule has 3 rings (SSSR count). The zero-order chi connectivity index (χ0) is 21.5. The van der Waals surface area contributed by atoms with Crippen molar-refractivity contribution in [3.63, 3.8) is 0 Å². The minimum atomic E-state index is -1.02. The number of amides is 2. The van der Waals surface area contributed by atoms with Crippen LogP contribution in [-0.4, -0.2) is 35.4 Å². The van der Waals surface area contributed by atoms with Crippen molar-refractivity contribution in [3.05, 3.63) is 57.6 Å². The summed E-state index contributed by atoms with van der Waals surface area (Å²) < 4.78 is 5.08. The van der Waals surface area contributed by atoms with Gasteiger partial charge in [0, 0.05) is 10.9 Å². The van der Waals surface area contributed by atoms with Crippen molar-refractivity contribution in [2.45, 2.75) is 26.4 Å². The van der Waals surface area contributed by atoms with Crippen molar-refractivity contribution in [1.29, 1.82) is 0 Å². The maximum atomic E-state index is 12.3. The predicted molar refractivity (Wildman–Crippen MR) is 118 cm³/mol. The molecule has 0 radical (unpaired) electrons. The van der Waals surface area contributed by atoms with Crippen LogP contribution in [0.2, 0.25) is 0 Å². The van der Waals surface area contributed by atoms with E-state index in [1.807, 2.05) is 29.6 Å². The van der Waals surface area contributed by atoms with Gasteiger partial charge in [-0.2, -0.15) is 0 Å². The van der Waals surface area contributed by atoms with Crippen LogP contribution < -0.4 is 10.6 Å². The molecule has 2 heterocycles. The van der Waals surface area contributed by atoms with E-state index in [-0.39, 0.29) is 12.5 Å². The fourth-order valence-electron chi connectivity index (χ4n) is 2.52. The number of anilines is 1. The van der Waals surface area contributed by atoms with Gasteiger partial charge in [0.25, 0.3) is 11.8 Å². The van der Waals surface area contributed by atoms with E-state index in [2.05, 4.69) is 22.5 Å². The number of hydrogen-bond donors (Lipinski definition) is 2. The Morgan fingerprint density at radius 1 is 1.13 bits per heavy atom. The molecule has 156 valence electrons. The highest BCUT2D eigenvalue weighted by atomic mass is 32.1. The highest BCUT2D eigenvalue weighted by Crippen LogP contribution is 2.25. The second-order valence-electron chi connectivity index (χ2n) is 6.37. The van der Waals surface area contributed by atoms with E-state index in [9.17, 15) is 14.4 Å². The van der Waals surface area contributed by atoms with E-state index in [4.69, 9.17) is 4.74 Å². The average molecular weight is 444 g/mol. The molecule has 1 aromatic carbocycles. The lowest BCUT2D eigenvalue weighted by Crippen LogP contribution is -2.35. The molecule has 7 nitrogen and oxygen atoms in total. The van der Waals surface area contributed by atoms with Crippen molar-refractivity contribution in [1.82, 2.24) is 10.3 Å². The van der Waals surface area contributed by atoms with E-state index < -0.39 is 18.0 Å². The first-order valence-electron chi connectivity index (χ1n) is 9.33. The van der Waals surface area contributed by atoms with Crippen LogP contribution in [0.25, 0.3) is 11.3 Å². The molecule has 0 aliphatic heterocycles. The largest absolute Gasteiger partial charge is 0.451 e. The van der Waals surface area contributed by atoms with Crippen molar-refractivity contribution in [2.24, 2.45) is 0 Å². The Bertz CT molecular complexity index is 1010. The summed E-state index contributed by atoms with van der Waals surface area (Å²) in [4.78, 5) is 40.9. The molecule has 9 heteroatoms. The quantitative estimate of drug-likeness (QED) is 0.517. The number of nitrogens with zero attached hydrogens (tertiary/aromatic N) is 1. The minimum Gasteiger partial charge on any atom is -0.451 e. The van der Waals surface area contributed by atoms with Gasteiger partial charge in [0.2, 0.25) is 0 Å². The Hall–Kier alpha value is -3.04. The number of carbonyl (C=O) groups excluding carboxylic acids is 3. The smallest absolute Gasteiger partial charge is 0.326 e. The molecular formula is C21H21N3O4S2. The summed E-state index contributed by atoms with van der Waals surface area (Å²) in [6.45, 7) is 3.24. The van der Waals surface area contributed by atoms with Gasteiger partial charge in [-0.3, -0.25) is 19.7 Å². The standard InChI is InChI=1S/C21H21N3O4S2/c1-3-14-6-8-15(9-7-14)16-12-30-21(23-16)24-19(26)13(2)28-18(25)11-22-20(27)17-5-4-10-29-17/h4-10,12-13H,3,11H2,1-2H3,(H,22,27)(H,23,24,26). The zero-order valence-corrected chi connectivity index (χ0v) is 18.1. The van der Waals surface area contributed by atoms with Crippen LogP contribution >= 0.6 is 22.7 Å². The summed E-state index contributed by atoms with van der Waals surface area (Å²) in [5.41, 5.74) is 2.97. The fourth-order valence-corrected chi connectivity index (χ4v) is 3.88. The molecule has 2 N–H and O–H groups in total. The van der Waals surface area contributed by atoms with E-state index in [0.717, 1.165) is 17.7 Å². The lowest BCUT2D eigenvalue weighted by atomic mass is 10.1. The fraction of sp³-hybridized carbons (Fsp3) is 0.238. The number of thiophene rings is 1. The van der Waals surface area contributed by atoms with Gasteiger partial charge in [0.15, 0.2) is 11.2 Å². The molecule has 0 saturated carbocycles. The van der Waals surface area contributed by atoms with Gasteiger partial charge in [-0.1, -0.05) is 37.3 Å². The van der Waals surface area contributed by atoms with Crippen LogP contribution in [0.3, 0.4) is 0 Å². The van der Waals surface area contributed by atoms with Crippen molar-refractivity contribution in [3.8, 4) is 11.3 Å². The van der Waals surface area contributed by atoms with Gasteiger partial charge in [-0.25, -0.2) is 4.98 Å². The number of carbonyl (C=O) groups is 3. The number of hydrogen-bond acceptors (Lipinski definition) is 7. The summed E-state index contributed by atoms with van der Waals surface area (Å²) in [6.07, 6.45) is -0.0557. The second-order valence-corrected chi connectivity index (χ2v) is 8.18. The number of thiazole rings is 1. The van der Waals surface area contributed by atoms with Crippen molar-refractivity contribution < 1.29 is 19.1 Å². The van der Waals surface area contributed by atoms with Crippen LogP contribution in [0, 0.1) is 0 Å². The number of esters is 1. The third kappa shape index (κ3) is 5.74.